The number of hydrogen-bond donors (Lipinski definition) is 3. The second kappa shape index (κ2) is 5.21. The molecule has 0 aliphatic carbocycles. The first-order chi connectivity index (χ1) is 9.06. The quantitative estimate of drug-likeness (QED) is 0.438. The topological polar surface area (TPSA) is 114 Å². The Morgan fingerprint density at radius 2 is 2.05 bits per heavy atom. The highest BCUT2D eigenvalue weighted by Crippen LogP contribution is 2.12. The molecule has 19 heavy (non-hydrogen) atoms. The molecule has 4 N–H and O–H groups in total. The van der Waals surface area contributed by atoms with Gasteiger partial charge in [-0.15, -0.1) is 0 Å². The molecule has 1 heterocycles. The van der Waals surface area contributed by atoms with Crippen molar-refractivity contribution >= 4 is 17.3 Å². The molecule has 0 bridgehead atoms. The molecule has 0 atom stereocenters. The molecule has 7 heteroatoms. The van der Waals surface area contributed by atoms with Crippen molar-refractivity contribution in [3.8, 4) is 0 Å². The molecule has 1 aromatic heterocycles. The molecule has 0 fully saturated rings. The predicted octanol–water partition coefficient (Wildman–Crippen LogP) is 1.44. The Labute approximate surface area is 108 Å². The molecule has 0 radical (unpaired) electrons. The summed E-state index contributed by atoms with van der Waals surface area (Å²) in [4.78, 5) is 24.2. The third-order valence-corrected chi connectivity index (χ3v) is 2.56. The Morgan fingerprint density at radius 3 is 2.63 bits per heavy atom. The maximum Gasteiger partial charge on any atom is 0.287 e. The van der Waals surface area contributed by atoms with Gasteiger partial charge in [0.25, 0.3) is 11.6 Å². The number of nitrogens with one attached hydrogen (secondary N) is 2. The van der Waals surface area contributed by atoms with Crippen LogP contribution in [0.3, 0.4) is 0 Å². The second-order valence-electron chi connectivity index (χ2n) is 3.95. The average Bonchev–Trinajstić information content (AvgIpc) is 2.87. The van der Waals surface area contributed by atoms with Crippen molar-refractivity contribution in [1.29, 1.82) is 0 Å². The van der Waals surface area contributed by atoms with Gasteiger partial charge in [-0.25, -0.2) is 0 Å². The van der Waals surface area contributed by atoms with Gasteiger partial charge in [0, 0.05) is 18.3 Å². The summed E-state index contributed by atoms with van der Waals surface area (Å²) in [5.41, 5.74) is 7.10. The van der Waals surface area contributed by atoms with E-state index in [4.69, 9.17) is 5.73 Å². The average molecular weight is 260 g/mol. The molecule has 7 nitrogen and oxygen atoms in total. The van der Waals surface area contributed by atoms with Crippen molar-refractivity contribution in [1.82, 2.24) is 10.3 Å². The molecule has 2 aromatic rings. The minimum absolute atomic E-state index is 0.141. The van der Waals surface area contributed by atoms with Crippen molar-refractivity contribution < 1.29 is 9.72 Å². The van der Waals surface area contributed by atoms with Crippen molar-refractivity contribution in [2.24, 2.45) is 0 Å². The van der Waals surface area contributed by atoms with Crippen LogP contribution in [0.1, 0.15) is 16.1 Å². The number of hydrogen-bond acceptors (Lipinski definition) is 4. The van der Waals surface area contributed by atoms with Crippen LogP contribution in [0, 0.1) is 10.1 Å². The minimum Gasteiger partial charge on any atom is -0.399 e. The standard InChI is InChI=1S/C12H12N4O3/c13-9-3-1-8(2-4-9)6-15-12(17)11-5-10(7-14-11)16(18)19/h1-5,7,14H,6,13H2,(H,15,17). The number of H-pyrrole nitrogens is 1. The van der Waals surface area contributed by atoms with E-state index in [2.05, 4.69) is 10.3 Å². The SMILES string of the molecule is Nc1ccc(CNC(=O)c2cc([N+](=O)[O-])c[nH]2)cc1. The fourth-order valence-electron chi connectivity index (χ4n) is 1.53. The molecular weight excluding hydrogens is 248 g/mol. The number of amides is 1. The van der Waals surface area contributed by atoms with Gasteiger partial charge in [-0.2, -0.15) is 0 Å². The van der Waals surface area contributed by atoms with Crippen LogP contribution in [-0.4, -0.2) is 15.8 Å². The molecule has 0 aliphatic rings. The maximum atomic E-state index is 11.7. The fourth-order valence-corrected chi connectivity index (χ4v) is 1.53. The Bertz CT molecular complexity index is 604. The molecule has 0 saturated heterocycles. The van der Waals surface area contributed by atoms with Gasteiger partial charge in [-0.1, -0.05) is 12.1 Å². The van der Waals surface area contributed by atoms with Crippen LogP contribution in [-0.2, 0) is 6.54 Å². The number of anilines is 1. The van der Waals surface area contributed by atoms with Gasteiger partial charge in [-0.05, 0) is 17.7 Å². The van der Waals surface area contributed by atoms with Gasteiger partial charge in [0.1, 0.15) is 5.69 Å². The van der Waals surface area contributed by atoms with E-state index in [0.29, 0.717) is 12.2 Å². The summed E-state index contributed by atoms with van der Waals surface area (Å²) in [6, 6.07) is 8.26. The van der Waals surface area contributed by atoms with Crippen LogP contribution in [0.2, 0.25) is 0 Å². The first-order valence-corrected chi connectivity index (χ1v) is 5.51. The number of aromatic amines is 1. The van der Waals surface area contributed by atoms with E-state index in [1.54, 1.807) is 24.3 Å². The largest absolute Gasteiger partial charge is 0.399 e. The van der Waals surface area contributed by atoms with Crippen LogP contribution >= 0.6 is 0 Å². The molecular formula is C12H12N4O3. The molecule has 1 aromatic carbocycles. The molecule has 0 aliphatic heterocycles. The van der Waals surface area contributed by atoms with Gasteiger partial charge in [0.05, 0.1) is 11.1 Å². The summed E-state index contributed by atoms with van der Waals surface area (Å²) in [5.74, 6) is -0.398. The molecule has 1 amide bonds. The van der Waals surface area contributed by atoms with Crippen LogP contribution < -0.4 is 11.1 Å². The lowest BCUT2D eigenvalue weighted by Gasteiger charge is -2.04. The molecule has 0 unspecified atom stereocenters. The predicted molar refractivity (Wildman–Crippen MR) is 69.5 cm³/mol. The zero-order chi connectivity index (χ0) is 13.8. The number of rotatable bonds is 4. The first kappa shape index (κ1) is 12.6. The maximum absolute atomic E-state index is 11.7. The van der Waals surface area contributed by atoms with E-state index < -0.39 is 10.8 Å². The number of aromatic nitrogens is 1. The number of nitrogens with zero attached hydrogens (tertiary/aromatic N) is 1. The van der Waals surface area contributed by atoms with Crippen molar-refractivity contribution in [3.63, 3.8) is 0 Å². The van der Waals surface area contributed by atoms with E-state index in [9.17, 15) is 14.9 Å². The highest BCUT2D eigenvalue weighted by Gasteiger charge is 2.13. The van der Waals surface area contributed by atoms with E-state index >= 15 is 0 Å². The number of carbonyl (C=O) groups is 1. The van der Waals surface area contributed by atoms with Gasteiger partial charge in [0.2, 0.25) is 0 Å². The summed E-state index contributed by atoms with van der Waals surface area (Å²) < 4.78 is 0. The van der Waals surface area contributed by atoms with Gasteiger partial charge in [0.15, 0.2) is 0 Å². The smallest absolute Gasteiger partial charge is 0.287 e. The van der Waals surface area contributed by atoms with Crippen molar-refractivity contribution in [2.75, 3.05) is 5.73 Å². The highest BCUT2D eigenvalue weighted by molar-refractivity contribution is 5.93. The first-order valence-electron chi connectivity index (χ1n) is 5.51. The third kappa shape index (κ3) is 3.09. The van der Waals surface area contributed by atoms with Crippen LogP contribution in [0.4, 0.5) is 11.4 Å². The molecule has 98 valence electrons. The Morgan fingerprint density at radius 1 is 1.37 bits per heavy atom. The van der Waals surface area contributed by atoms with Gasteiger partial charge >= 0.3 is 0 Å². The summed E-state index contributed by atoms with van der Waals surface area (Å²) in [7, 11) is 0. The lowest BCUT2D eigenvalue weighted by molar-refractivity contribution is -0.384. The van der Waals surface area contributed by atoms with Gasteiger partial charge < -0.3 is 16.0 Å². The number of nitro groups is 1. The van der Waals surface area contributed by atoms with E-state index in [-0.39, 0.29) is 11.4 Å². The zero-order valence-corrected chi connectivity index (χ0v) is 9.92. The number of benzene rings is 1. The Hall–Kier alpha value is -2.83. The highest BCUT2D eigenvalue weighted by atomic mass is 16.6. The molecule has 0 saturated carbocycles. The summed E-state index contributed by atoms with van der Waals surface area (Å²) in [6.07, 6.45) is 1.18. The van der Waals surface area contributed by atoms with Crippen LogP contribution in [0.25, 0.3) is 0 Å². The zero-order valence-electron chi connectivity index (χ0n) is 9.92. The summed E-state index contributed by atoms with van der Waals surface area (Å²) in [5, 5.41) is 13.1. The van der Waals surface area contributed by atoms with Crippen molar-refractivity contribution in [3.05, 3.63) is 57.9 Å². The number of nitrogen functional groups attached to an aromatic ring is 1. The molecule has 2 rings (SSSR count). The summed E-state index contributed by atoms with van der Waals surface area (Å²) in [6.45, 7) is 0.325. The Balaban J connectivity index is 1.97. The number of carbonyl (C=O) groups excluding carboxylic acids is 1. The van der Waals surface area contributed by atoms with E-state index in [1.165, 1.54) is 12.3 Å². The fraction of sp³-hybridized carbons (Fsp3) is 0.0833. The molecule has 0 spiro atoms. The second-order valence-corrected chi connectivity index (χ2v) is 3.95. The van der Waals surface area contributed by atoms with E-state index in [0.717, 1.165) is 5.56 Å². The lowest BCUT2D eigenvalue weighted by Crippen LogP contribution is -2.23. The normalized spacial score (nSPS) is 10.1. The van der Waals surface area contributed by atoms with E-state index in [1.807, 2.05) is 0 Å². The van der Waals surface area contributed by atoms with Crippen LogP contribution in [0.15, 0.2) is 36.5 Å². The van der Waals surface area contributed by atoms with Crippen molar-refractivity contribution in [2.45, 2.75) is 6.54 Å². The number of nitrogens with two attached hydrogens (primary N) is 1. The summed E-state index contributed by atoms with van der Waals surface area (Å²) >= 11 is 0. The monoisotopic (exact) mass is 260 g/mol. The Kier molecular flexibility index (Phi) is 3.46. The van der Waals surface area contributed by atoms with Gasteiger partial charge in [-0.3, -0.25) is 14.9 Å². The van der Waals surface area contributed by atoms with Crippen LogP contribution in [0.5, 0.6) is 0 Å². The minimum atomic E-state index is -0.562. The third-order valence-electron chi connectivity index (χ3n) is 2.56. The lowest BCUT2D eigenvalue weighted by atomic mass is 10.2.